The number of allylic oxidation sites excluding steroid dienone is 1. The van der Waals surface area contributed by atoms with Crippen LogP contribution in [-0.4, -0.2) is 25.2 Å². The predicted octanol–water partition coefficient (Wildman–Crippen LogP) is 3.78. The molecule has 3 rings (SSSR count). The zero-order chi connectivity index (χ0) is 13.6. The quantitative estimate of drug-likeness (QED) is 0.747. The van der Waals surface area contributed by atoms with Gasteiger partial charge in [0.15, 0.2) is 0 Å². The molecule has 2 heteroatoms. The molecule has 1 aliphatic heterocycles. The van der Waals surface area contributed by atoms with Crippen LogP contribution in [0.4, 0.5) is 0 Å². The molecule has 0 aromatic rings. The maximum atomic E-state index is 3.92. The molecule has 0 amide bonds. The minimum absolute atomic E-state index is 0.779. The summed E-state index contributed by atoms with van der Waals surface area (Å²) >= 11 is 0. The van der Waals surface area contributed by atoms with Crippen molar-refractivity contribution in [1.29, 1.82) is 0 Å². The third-order valence-corrected chi connectivity index (χ3v) is 5.67. The van der Waals surface area contributed by atoms with Gasteiger partial charge in [0.2, 0.25) is 0 Å². The van der Waals surface area contributed by atoms with Gasteiger partial charge in [0.25, 0.3) is 0 Å². The lowest BCUT2D eigenvalue weighted by molar-refractivity contribution is 0.182. The van der Waals surface area contributed by atoms with Gasteiger partial charge in [-0.25, -0.2) is 0 Å². The molecule has 0 radical (unpaired) electrons. The van der Waals surface area contributed by atoms with Crippen LogP contribution in [-0.2, 0) is 0 Å². The number of hydrogen-bond acceptors (Lipinski definition) is 2. The fraction of sp³-hybridized carbons (Fsp3) is 0.889. The van der Waals surface area contributed by atoms with E-state index in [1.807, 2.05) is 0 Å². The Morgan fingerprint density at radius 3 is 2.75 bits per heavy atom. The molecule has 1 saturated carbocycles. The van der Waals surface area contributed by atoms with E-state index in [9.17, 15) is 0 Å². The normalized spacial score (nSPS) is 35.0. The molecular weight excluding hydrogens is 244 g/mol. The van der Waals surface area contributed by atoms with Crippen molar-refractivity contribution in [1.82, 2.24) is 10.6 Å². The van der Waals surface area contributed by atoms with Crippen LogP contribution in [0.15, 0.2) is 11.6 Å². The molecule has 2 aliphatic carbocycles. The molecule has 0 spiro atoms. The molecule has 114 valence electrons. The summed E-state index contributed by atoms with van der Waals surface area (Å²) in [7, 11) is 0. The topological polar surface area (TPSA) is 24.1 Å². The fourth-order valence-electron chi connectivity index (χ4n) is 4.52. The summed E-state index contributed by atoms with van der Waals surface area (Å²) in [4.78, 5) is 0. The molecule has 20 heavy (non-hydrogen) atoms. The monoisotopic (exact) mass is 276 g/mol. The summed E-state index contributed by atoms with van der Waals surface area (Å²) in [5, 5.41) is 7.71. The molecule has 2 fully saturated rings. The first-order valence-electron chi connectivity index (χ1n) is 9.08. The lowest BCUT2D eigenvalue weighted by Crippen LogP contribution is -2.50. The summed E-state index contributed by atoms with van der Waals surface area (Å²) in [6.45, 7) is 2.46. The Bertz CT molecular complexity index is 317. The van der Waals surface area contributed by atoms with Gasteiger partial charge in [-0.1, -0.05) is 30.9 Å². The second-order valence-electron chi connectivity index (χ2n) is 7.07. The first-order valence-corrected chi connectivity index (χ1v) is 9.08. The summed E-state index contributed by atoms with van der Waals surface area (Å²) in [6, 6.07) is 1.58. The van der Waals surface area contributed by atoms with E-state index in [1.165, 1.54) is 83.7 Å². The van der Waals surface area contributed by atoms with Crippen LogP contribution in [0.3, 0.4) is 0 Å². The van der Waals surface area contributed by atoms with E-state index in [2.05, 4.69) is 16.7 Å². The molecule has 0 aromatic heterocycles. The zero-order valence-corrected chi connectivity index (χ0v) is 13.0. The van der Waals surface area contributed by atoms with Crippen LogP contribution < -0.4 is 10.6 Å². The van der Waals surface area contributed by atoms with Gasteiger partial charge >= 0.3 is 0 Å². The second kappa shape index (κ2) is 7.61. The highest BCUT2D eigenvalue weighted by atomic mass is 15.0. The van der Waals surface area contributed by atoms with Gasteiger partial charge < -0.3 is 10.6 Å². The first-order chi connectivity index (χ1) is 9.93. The van der Waals surface area contributed by atoms with E-state index in [4.69, 9.17) is 0 Å². The highest BCUT2D eigenvalue weighted by Gasteiger charge is 2.31. The Kier molecular flexibility index (Phi) is 5.55. The SMILES string of the molecule is C1=C(CCNC2CCCCC2C2CCCCN2)CCC1. The van der Waals surface area contributed by atoms with Crippen molar-refractivity contribution in [2.24, 2.45) is 5.92 Å². The molecule has 3 unspecified atom stereocenters. The van der Waals surface area contributed by atoms with Crippen molar-refractivity contribution in [3.8, 4) is 0 Å². The van der Waals surface area contributed by atoms with Crippen LogP contribution in [0.1, 0.15) is 70.6 Å². The van der Waals surface area contributed by atoms with Crippen LogP contribution in [0.5, 0.6) is 0 Å². The van der Waals surface area contributed by atoms with Crippen LogP contribution >= 0.6 is 0 Å². The molecule has 0 aromatic carbocycles. The van der Waals surface area contributed by atoms with Gasteiger partial charge in [-0.3, -0.25) is 0 Å². The average molecular weight is 276 g/mol. The number of rotatable bonds is 5. The van der Waals surface area contributed by atoms with Crippen molar-refractivity contribution in [2.75, 3.05) is 13.1 Å². The fourth-order valence-corrected chi connectivity index (χ4v) is 4.52. The van der Waals surface area contributed by atoms with Gasteiger partial charge in [-0.15, -0.1) is 0 Å². The highest BCUT2D eigenvalue weighted by Crippen LogP contribution is 2.30. The van der Waals surface area contributed by atoms with E-state index < -0.39 is 0 Å². The third-order valence-electron chi connectivity index (χ3n) is 5.67. The largest absolute Gasteiger partial charge is 0.314 e. The molecular formula is C18H32N2. The smallest absolute Gasteiger partial charge is 0.0110 e. The summed E-state index contributed by atoms with van der Waals surface area (Å²) in [5.41, 5.74) is 1.71. The van der Waals surface area contributed by atoms with E-state index in [1.54, 1.807) is 5.57 Å². The molecule has 1 heterocycles. The lowest BCUT2D eigenvalue weighted by Gasteiger charge is -2.40. The maximum absolute atomic E-state index is 3.92. The van der Waals surface area contributed by atoms with E-state index >= 15 is 0 Å². The van der Waals surface area contributed by atoms with Crippen molar-refractivity contribution in [2.45, 2.75) is 82.7 Å². The summed E-state index contributed by atoms with van der Waals surface area (Å²) in [6.07, 6.45) is 17.8. The number of hydrogen-bond donors (Lipinski definition) is 2. The molecule has 2 N–H and O–H groups in total. The summed E-state index contributed by atoms with van der Waals surface area (Å²) < 4.78 is 0. The molecule has 0 bridgehead atoms. The first kappa shape index (κ1) is 14.6. The third kappa shape index (κ3) is 3.85. The second-order valence-corrected chi connectivity index (χ2v) is 7.07. The van der Waals surface area contributed by atoms with Crippen molar-refractivity contribution in [3.63, 3.8) is 0 Å². The zero-order valence-electron chi connectivity index (χ0n) is 13.0. The minimum atomic E-state index is 0.779. The lowest BCUT2D eigenvalue weighted by atomic mass is 9.77. The maximum Gasteiger partial charge on any atom is 0.0110 e. The van der Waals surface area contributed by atoms with Crippen LogP contribution in [0.25, 0.3) is 0 Å². The highest BCUT2D eigenvalue weighted by molar-refractivity contribution is 5.07. The Labute approximate surface area is 124 Å². The Morgan fingerprint density at radius 2 is 1.95 bits per heavy atom. The van der Waals surface area contributed by atoms with Crippen LogP contribution in [0.2, 0.25) is 0 Å². The van der Waals surface area contributed by atoms with Gasteiger partial charge in [0.05, 0.1) is 0 Å². The van der Waals surface area contributed by atoms with Crippen molar-refractivity contribution in [3.05, 3.63) is 11.6 Å². The predicted molar refractivity (Wildman–Crippen MR) is 85.9 cm³/mol. The molecule has 3 atom stereocenters. The van der Waals surface area contributed by atoms with Gasteiger partial charge in [-0.05, 0) is 70.4 Å². The summed E-state index contributed by atoms with van der Waals surface area (Å²) in [5.74, 6) is 0.890. The van der Waals surface area contributed by atoms with E-state index in [0.717, 1.165) is 18.0 Å². The average Bonchev–Trinajstić information content (AvgIpc) is 3.02. The van der Waals surface area contributed by atoms with Gasteiger partial charge in [0.1, 0.15) is 0 Å². The number of piperidine rings is 1. The molecule has 3 aliphatic rings. The Morgan fingerprint density at radius 1 is 1.05 bits per heavy atom. The molecule has 2 nitrogen and oxygen atoms in total. The van der Waals surface area contributed by atoms with E-state index in [0.29, 0.717) is 0 Å². The van der Waals surface area contributed by atoms with Gasteiger partial charge in [0, 0.05) is 12.1 Å². The standard InChI is InChI=1S/C18H32N2/c1-2-8-15(7-1)12-14-20-18-10-4-3-9-16(18)17-11-5-6-13-19-17/h7,16-20H,1-6,8-14H2. The number of nitrogens with one attached hydrogen (secondary N) is 2. The van der Waals surface area contributed by atoms with Crippen molar-refractivity contribution < 1.29 is 0 Å². The molecule has 1 saturated heterocycles. The van der Waals surface area contributed by atoms with Crippen molar-refractivity contribution >= 4 is 0 Å². The van der Waals surface area contributed by atoms with Gasteiger partial charge in [-0.2, -0.15) is 0 Å². The van der Waals surface area contributed by atoms with E-state index in [-0.39, 0.29) is 0 Å². The minimum Gasteiger partial charge on any atom is -0.314 e. The Hall–Kier alpha value is -0.340. The Balaban J connectivity index is 1.46. The van der Waals surface area contributed by atoms with Crippen LogP contribution in [0, 0.1) is 5.92 Å².